The molecule has 2 aliphatic rings. The Morgan fingerprint density at radius 3 is 2.44 bits per heavy atom. The number of ether oxygens (including phenoxy) is 1. The largest absolute Gasteiger partial charge is 0.496 e. The van der Waals surface area contributed by atoms with Crippen LogP contribution in [0.2, 0.25) is 0 Å². The molecule has 1 fully saturated rings. The molecular weight excluding hydrogens is 581 g/mol. The van der Waals surface area contributed by atoms with Gasteiger partial charge in [-0.2, -0.15) is 13.2 Å². The van der Waals surface area contributed by atoms with E-state index in [1.165, 1.54) is 16.0 Å². The SMILES string of the molecule is COc1cc(-c2nc(C(F)(F)F)cn2C(C)C)ccc1CN1c2nc(-c3cccnc3C(C)C)ncc2C2(CC2)S1(=O)=O. The number of nitrogens with zero attached hydrogens (tertiary/aromatic N) is 6. The number of pyridine rings is 1. The summed E-state index contributed by atoms with van der Waals surface area (Å²) in [5.74, 6) is 1.26. The molecule has 1 aromatic carbocycles. The smallest absolute Gasteiger partial charge is 0.434 e. The molecule has 226 valence electrons. The zero-order chi connectivity index (χ0) is 30.9. The monoisotopic (exact) mass is 612 g/mol. The Labute approximate surface area is 247 Å². The summed E-state index contributed by atoms with van der Waals surface area (Å²) < 4.78 is 75.7. The first-order chi connectivity index (χ1) is 20.3. The lowest BCUT2D eigenvalue weighted by atomic mass is 10.0. The molecule has 0 unspecified atom stereocenters. The molecule has 1 saturated carbocycles. The van der Waals surface area contributed by atoms with Gasteiger partial charge >= 0.3 is 6.18 Å². The van der Waals surface area contributed by atoms with Crippen LogP contribution in [0, 0.1) is 0 Å². The van der Waals surface area contributed by atoms with Gasteiger partial charge in [0.2, 0.25) is 10.0 Å². The minimum Gasteiger partial charge on any atom is -0.496 e. The number of hydrogen-bond acceptors (Lipinski definition) is 7. The molecule has 0 radical (unpaired) electrons. The summed E-state index contributed by atoms with van der Waals surface area (Å²) in [7, 11) is -2.40. The van der Waals surface area contributed by atoms with Crippen molar-refractivity contribution < 1.29 is 26.3 Å². The van der Waals surface area contributed by atoms with Gasteiger partial charge in [-0.25, -0.2) is 27.7 Å². The number of halogens is 3. The Balaban J connectivity index is 1.42. The van der Waals surface area contributed by atoms with Crippen LogP contribution in [0.15, 0.2) is 48.9 Å². The van der Waals surface area contributed by atoms with Crippen LogP contribution in [-0.2, 0) is 27.5 Å². The molecular formula is C30H31F3N6O3S. The van der Waals surface area contributed by atoms with Crippen molar-refractivity contribution in [3.63, 3.8) is 0 Å². The van der Waals surface area contributed by atoms with Crippen LogP contribution in [-0.4, -0.2) is 40.0 Å². The fraction of sp³-hybridized carbons (Fsp3) is 0.400. The lowest BCUT2D eigenvalue weighted by Crippen LogP contribution is -2.31. The molecule has 0 atom stereocenters. The van der Waals surface area contributed by atoms with E-state index in [4.69, 9.17) is 9.72 Å². The maximum absolute atomic E-state index is 14.0. The molecule has 1 aliphatic carbocycles. The molecule has 4 aromatic rings. The van der Waals surface area contributed by atoms with Gasteiger partial charge in [0.05, 0.1) is 19.3 Å². The van der Waals surface area contributed by atoms with Gasteiger partial charge in [0.25, 0.3) is 0 Å². The molecule has 4 heterocycles. The maximum Gasteiger partial charge on any atom is 0.434 e. The van der Waals surface area contributed by atoms with Crippen molar-refractivity contribution >= 4 is 15.8 Å². The fourth-order valence-electron chi connectivity index (χ4n) is 5.65. The van der Waals surface area contributed by atoms with E-state index in [9.17, 15) is 21.6 Å². The van der Waals surface area contributed by atoms with E-state index in [1.54, 1.807) is 50.5 Å². The Morgan fingerprint density at radius 2 is 1.81 bits per heavy atom. The molecule has 3 aromatic heterocycles. The zero-order valence-corrected chi connectivity index (χ0v) is 25.2. The van der Waals surface area contributed by atoms with Crippen LogP contribution in [0.1, 0.15) is 75.0 Å². The third kappa shape index (κ3) is 4.64. The summed E-state index contributed by atoms with van der Waals surface area (Å²) in [6.45, 7) is 7.50. The van der Waals surface area contributed by atoms with Gasteiger partial charge in [-0.15, -0.1) is 0 Å². The number of aromatic nitrogens is 5. The van der Waals surface area contributed by atoms with E-state index >= 15 is 0 Å². The van der Waals surface area contributed by atoms with E-state index in [0.717, 1.165) is 17.5 Å². The number of anilines is 1. The normalized spacial score (nSPS) is 16.7. The second-order valence-electron chi connectivity index (χ2n) is 11.5. The van der Waals surface area contributed by atoms with E-state index in [1.807, 2.05) is 19.9 Å². The number of fused-ring (bicyclic) bond motifs is 2. The summed E-state index contributed by atoms with van der Waals surface area (Å²) in [4.78, 5) is 17.7. The number of sulfonamides is 1. The lowest BCUT2D eigenvalue weighted by Gasteiger charge is -2.21. The van der Waals surface area contributed by atoms with E-state index < -0.39 is 26.6 Å². The molecule has 0 amide bonds. The van der Waals surface area contributed by atoms with Gasteiger partial charge < -0.3 is 9.30 Å². The van der Waals surface area contributed by atoms with E-state index in [-0.39, 0.29) is 24.3 Å². The standard InChI is InChI=1S/C30H31F3N6O3S/c1-17(2)25-21(7-6-12-34-25)26-35-14-22-28(37-26)39(43(40,41)29(22)10-11-29)15-20-9-8-19(13-23(20)42-5)27-36-24(30(31,32)33)16-38(27)18(3)4/h6-9,12-14,16-18H,10-11,15H2,1-5H3. The molecule has 43 heavy (non-hydrogen) atoms. The Bertz CT molecular complexity index is 1830. The van der Waals surface area contributed by atoms with E-state index in [0.29, 0.717) is 46.9 Å². The molecule has 13 heteroatoms. The molecule has 9 nitrogen and oxygen atoms in total. The third-order valence-electron chi connectivity index (χ3n) is 8.05. The predicted molar refractivity (Wildman–Crippen MR) is 155 cm³/mol. The lowest BCUT2D eigenvalue weighted by molar-refractivity contribution is -0.140. The van der Waals surface area contributed by atoms with Gasteiger partial charge in [-0.3, -0.25) is 4.98 Å². The summed E-state index contributed by atoms with van der Waals surface area (Å²) in [5.41, 5.74) is 2.06. The zero-order valence-electron chi connectivity index (χ0n) is 24.3. The first-order valence-electron chi connectivity index (χ1n) is 14.0. The topological polar surface area (TPSA) is 103 Å². The molecule has 6 rings (SSSR count). The first-order valence-corrected chi connectivity index (χ1v) is 15.4. The van der Waals surface area contributed by atoms with Gasteiger partial charge in [0.1, 0.15) is 16.3 Å². The number of methoxy groups -OCH3 is 1. The van der Waals surface area contributed by atoms with Crippen molar-refractivity contribution in [2.24, 2.45) is 0 Å². The van der Waals surface area contributed by atoms with Crippen molar-refractivity contribution in [2.45, 2.75) is 70.0 Å². The average molecular weight is 613 g/mol. The van der Waals surface area contributed by atoms with Crippen LogP contribution in [0.25, 0.3) is 22.8 Å². The highest BCUT2D eigenvalue weighted by Crippen LogP contribution is 2.61. The van der Waals surface area contributed by atoms with E-state index in [2.05, 4.69) is 15.0 Å². The number of alkyl halides is 3. The van der Waals surface area contributed by atoms with Crippen molar-refractivity contribution in [3.05, 3.63) is 71.4 Å². The highest BCUT2D eigenvalue weighted by Gasteiger charge is 2.65. The van der Waals surface area contributed by atoms with Crippen LogP contribution in [0.3, 0.4) is 0 Å². The fourth-order valence-corrected chi connectivity index (χ4v) is 7.79. The minimum atomic E-state index is -4.60. The quantitative estimate of drug-likeness (QED) is 0.236. The first kappa shape index (κ1) is 29.1. The molecule has 1 aliphatic heterocycles. The minimum absolute atomic E-state index is 0.0759. The molecule has 0 N–H and O–H groups in total. The van der Waals surface area contributed by atoms with Gasteiger partial charge in [0.15, 0.2) is 17.3 Å². The summed E-state index contributed by atoms with van der Waals surface area (Å²) in [6, 6.07) is 8.26. The number of imidazole rings is 1. The highest BCUT2D eigenvalue weighted by atomic mass is 32.2. The summed E-state index contributed by atoms with van der Waals surface area (Å²) in [5, 5.41) is 0. The second kappa shape index (κ2) is 10.0. The van der Waals surface area contributed by atoms with Crippen molar-refractivity contribution in [1.29, 1.82) is 0 Å². The Kier molecular flexibility index (Phi) is 6.79. The third-order valence-corrected chi connectivity index (χ3v) is 10.5. The van der Waals surface area contributed by atoms with Gasteiger partial charge in [-0.05, 0) is 50.8 Å². The number of hydrogen-bond donors (Lipinski definition) is 0. The van der Waals surface area contributed by atoms with Gasteiger partial charge in [-0.1, -0.05) is 26.0 Å². The van der Waals surface area contributed by atoms with Crippen LogP contribution in [0.5, 0.6) is 5.75 Å². The van der Waals surface area contributed by atoms with Crippen molar-refractivity contribution in [3.8, 4) is 28.5 Å². The van der Waals surface area contributed by atoms with Crippen LogP contribution < -0.4 is 9.04 Å². The van der Waals surface area contributed by atoms with Crippen LogP contribution >= 0.6 is 0 Å². The van der Waals surface area contributed by atoms with Gasteiger partial charge in [0, 0.05) is 46.9 Å². The van der Waals surface area contributed by atoms with Crippen molar-refractivity contribution in [2.75, 3.05) is 11.4 Å². The average Bonchev–Trinajstić information content (AvgIpc) is 3.61. The maximum atomic E-state index is 14.0. The molecule has 0 saturated heterocycles. The van der Waals surface area contributed by atoms with Crippen molar-refractivity contribution in [1.82, 2.24) is 24.5 Å². The summed E-state index contributed by atoms with van der Waals surface area (Å²) >= 11 is 0. The Morgan fingerprint density at radius 1 is 1.07 bits per heavy atom. The van der Waals surface area contributed by atoms with Crippen LogP contribution in [0.4, 0.5) is 19.0 Å². The highest BCUT2D eigenvalue weighted by molar-refractivity contribution is 7.94. The molecule has 1 spiro atoms. The predicted octanol–water partition coefficient (Wildman–Crippen LogP) is 6.47. The Hall–Kier alpha value is -4.00. The summed E-state index contributed by atoms with van der Waals surface area (Å²) in [6.07, 6.45) is 0.663. The number of rotatable bonds is 7. The number of benzene rings is 1. The molecule has 0 bridgehead atoms. The second-order valence-corrected chi connectivity index (χ2v) is 13.7.